The number of benzene rings is 1. The molecule has 0 unspecified atom stereocenters. The van der Waals surface area contributed by atoms with Crippen LogP contribution >= 0.6 is 0 Å². The van der Waals surface area contributed by atoms with Gasteiger partial charge < -0.3 is 5.11 Å². The highest BCUT2D eigenvalue weighted by Gasteiger charge is 2.08. The van der Waals surface area contributed by atoms with Crippen molar-refractivity contribution in [2.24, 2.45) is 0 Å². The van der Waals surface area contributed by atoms with Gasteiger partial charge in [0.05, 0.1) is 6.42 Å². The largest absolute Gasteiger partial charge is 0.481 e. The molecule has 15 heavy (non-hydrogen) atoms. The Hall–Kier alpha value is -1.64. The lowest BCUT2D eigenvalue weighted by Gasteiger charge is -2.07. The van der Waals surface area contributed by atoms with Crippen molar-refractivity contribution in [2.75, 3.05) is 0 Å². The molecule has 1 aromatic carbocycles. The van der Waals surface area contributed by atoms with Crippen molar-refractivity contribution < 1.29 is 14.7 Å². The monoisotopic (exact) mass is 206 g/mol. The lowest BCUT2D eigenvalue weighted by Crippen LogP contribution is -2.06. The molecule has 0 bridgehead atoms. The Morgan fingerprint density at radius 2 is 1.87 bits per heavy atom. The number of Topliss-reactive ketones (excluding diaryl/α,β-unsaturated/α-hetero) is 1. The molecule has 1 rings (SSSR count). The maximum Gasteiger partial charge on any atom is 0.307 e. The van der Waals surface area contributed by atoms with Gasteiger partial charge in [0.25, 0.3) is 0 Å². The average molecular weight is 206 g/mol. The summed E-state index contributed by atoms with van der Waals surface area (Å²) in [6.07, 6.45) is 0.285. The highest BCUT2D eigenvalue weighted by Crippen LogP contribution is 2.13. The minimum absolute atomic E-state index is 0.0249. The highest BCUT2D eigenvalue weighted by molar-refractivity contribution is 5.79. The van der Waals surface area contributed by atoms with Crippen LogP contribution in [0.25, 0.3) is 0 Å². The van der Waals surface area contributed by atoms with Gasteiger partial charge in [0.15, 0.2) is 0 Å². The summed E-state index contributed by atoms with van der Waals surface area (Å²) in [5.74, 6) is -0.823. The minimum atomic E-state index is -0.872. The molecule has 3 nitrogen and oxygen atoms in total. The van der Waals surface area contributed by atoms with Crippen molar-refractivity contribution in [1.29, 1.82) is 0 Å². The Morgan fingerprint density at radius 1 is 1.20 bits per heavy atom. The third-order valence-electron chi connectivity index (χ3n) is 2.14. The van der Waals surface area contributed by atoms with Crippen LogP contribution in [0, 0.1) is 6.92 Å². The third-order valence-corrected chi connectivity index (χ3v) is 2.14. The predicted octanol–water partition coefficient (Wildman–Crippen LogP) is 1.75. The summed E-state index contributed by atoms with van der Waals surface area (Å²) >= 11 is 0. The number of carboxylic acids is 1. The van der Waals surface area contributed by atoms with Crippen molar-refractivity contribution in [1.82, 2.24) is 0 Å². The zero-order chi connectivity index (χ0) is 11.4. The number of aliphatic carboxylic acids is 1. The van der Waals surface area contributed by atoms with Crippen LogP contribution in [0.2, 0.25) is 0 Å². The second kappa shape index (κ2) is 4.73. The fourth-order valence-corrected chi connectivity index (χ4v) is 1.52. The van der Waals surface area contributed by atoms with Crippen molar-refractivity contribution in [3.05, 3.63) is 34.9 Å². The first-order chi connectivity index (χ1) is 6.99. The quantitative estimate of drug-likeness (QED) is 0.816. The number of carbonyl (C=O) groups is 2. The molecule has 0 aliphatic heterocycles. The molecule has 0 saturated heterocycles. The topological polar surface area (TPSA) is 54.4 Å². The molecule has 0 fully saturated rings. The van der Waals surface area contributed by atoms with E-state index < -0.39 is 5.97 Å². The highest BCUT2D eigenvalue weighted by atomic mass is 16.4. The van der Waals surface area contributed by atoms with Crippen molar-refractivity contribution in [3.63, 3.8) is 0 Å². The van der Waals surface area contributed by atoms with E-state index in [0.29, 0.717) is 6.42 Å². The summed E-state index contributed by atoms with van der Waals surface area (Å²) in [5, 5.41) is 8.71. The third kappa shape index (κ3) is 3.54. The molecule has 1 N–H and O–H groups in total. The van der Waals surface area contributed by atoms with Crippen LogP contribution in [-0.2, 0) is 22.4 Å². The number of aryl methyl sites for hydroxylation is 1. The summed E-state index contributed by atoms with van der Waals surface area (Å²) in [4.78, 5) is 21.6. The molecule has 0 aromatic heterocycles. The van der Waals surface area contributed by atoms with Crippen LogP contribution in [0.3, 0.4) is 0 Å². The van der Waals surface area contributed by atoms with E-state index in [1.165, 1.54) is 6.92 Å². The summed E-state index contributed by atoms with van der Waals surface area (Å²) in [6, 6.07) is 5.52. The van der Waals surface area contributed by atoms with E-state index in [1.807, 2.05) is 19.1 Å². The van der Waals surface area contributed by atoms with E-state index in [9.17, 15) is 9.59 Å². The predicted molar refractivity (Wildman–Crippen MR) is 56.9 cm³/mol. The SMILES string of the molecule is CC(=O)Cc1cc(C)ccc1CC(=O)O. The lowest BCUT2D eigenvalue weighted by molar-refractivity contribution is -0.136. The molecule has 3 heteroatoms. The molecule has 0 amide bonds. The molecule has 0 saturated carbocycles. The zero-order valence-electron chi connectivity index (χ0n) is 8.91. The maximum absolute atomic E-state index is 11.0. The second-order valence-corrected chi connectivity index (χ2v) is 3.72. The molecule has 0 spiro atoms. The van der Waals surface area contributed by atoms with E-state index in [4.69, 9.17) is 5.11 Å². The fraction of sp³-hybridized carbons (Fsp3) is 0.333. The van der Waals surface area contributed by atoms with Gasteiger partial charge in [-0.25, -0.2) is 0 Å². The Labute approximate surface area is 88.7 Å². The number of carboxylic acid groups (broad SMARTS) is 1. The molecule has 0 radical (unpaired) electrons. The number of ketones is 1. The van der Waals surface area contributed by atoms with E-state index in [1.54, 1.807) is 6.07 Å². The van der Waals surface area contributed by atoms with Crippen molar-refractivity contribution >= 4 is 11.8 Å². The number of hydrogen-bond donors (Lipinski definition) is 1. The summed E-state index contributed by atoms with van der Waals surface area (Å²) < 4.78 is 0. The van der Waals surface area contributed by atoms with Gasteiger partial charge in [0.1, 0.15) is 5.78 Å². The number of hydrogen-bond acceptors (Lipinski definition) is 2. The van der Waals surface area contributed by atoms with E-state index in [2.05, 4.69) is 0 Å². The molecule has 0 aliphatic rings. The van der Waals surface area contributed by atoms with Crippen LogP contribution in [0.4, 0.5) is 0 Å². The van der Waals surface area contributed by atoms with E-state index in [0.717, 1.165) is 16.7 Å². The van der Waals surface area contributed by atoms with Crippen molar-refractivity contribution in [2.45, 2.75) is 26.7 Å². The molecular weight excluding hydrogens is 192 g/mol. The summed E-state index contributed by atoms with van der Waals surface area (Å²) in [7, 11) is 0. The summed E-state index contributed by atoms with van der Waals surface area (Å²) in [5.41, 5.74) is 2.59. The first kappa shape index (κ1) is 11.4. The van der Waals surface area contributed by atoms with Crippen LogP contribution in [0.5, 0.6) is 0 Å². The van der Waals surface area contributed by atoms with Crippen LogP contribution < -0.4 is 0 Å². The Morgan fingerprint density at radius 3 is 2.40 bits per heavy atom. The normalized spacial score (nSPS) is 10.0. The number of rotatable bonds is 4. The smallest absolute Gasteiger partial charge is 0.307 e. The van der Waals surface area contributed by atoms with Gasteiger partial charge in [-0.1, -0.05) is 23.8 Å². The van der Waals surface area contributed by atoms with Gasteiger partial charge in [-0.15, -0.1) is 0 Å². The fourth-order valence-electron chi connectivity index (χ4n) is 1.52. The van der Waals surface area contributed by atoms with Gasteiger partial charge in [-0.3, -0.25) is 9.59 Å². The molecule has 0 atom stereocenters. The number of carbonyl (C=O) groups excluding carboxylic acids is 1. The van der Waals surface area contributed by atoms with Gasteiger partial charge in [0.2, 0.25) is 0 Å². The van der Waals surface area contributed by atoms with Gasteiger partial charge in [0, 0.05) is 6.42 Å². The lowest BCUT2D eigenvalue weighted by atomic mass is 9.98. The van der Waals surface area contributed by atoms with Gasteiger partial charge >= 0.3 is 5.97 Å². The average Bonchev–Trinajstić information content (AvgIpc) is 2.08. The van der Waals surface area contributed by atoms with E-state index >= 15 is 0 Å². The van der Waals surface area contributed by atoms with Crippen LogP contribution in [-0.4, -0.2) is 16.9 Å². The van der Waals surface area contributed by atoms with Crippen LogP contribution in [0.15, 0.2) is 18.2 Å². The molecular formula is C12H14O3. The van der Waals surface area contributed by atoms with E-state index in [-0.39, 0.29) is 12.2 Å². The Kier molecular flexibility index (Phi) is 3.61. The first-order valence-corrected chi connectivity index (χ1v) is 4.78. The second-order valence-electron chi connectivity index (χ2n) is 3.72. The standard InChI is InChI=1S/C12H14O3/c1-8-3-4-10(7-12(14)15)11(5-8)6-9(2)13/h3-5H,6-7H2,1-2H3,(H,14,15). The van der Waals surface area contributed by atoms with Crippen molar-refractivity contribution in [3.8, 4) is 0 Å². The molecule has 80 valence electrons. The maximum atomic E-state index is 11.0. The van der Waals surface area contributed by atoms with Gasteiger partial charge in [-0.05, 0) is 25.0 Å². The minimum Gasteiger partial charge on any atom is -0.481 e. The summed E-state index contributed by atoms with van der Waals surface area (Å²) in [6.45, 7) is 3.43. The van der Waals surface area contributed by atoms with Crippen LogP contribution in [0.1, 0.15) is 23.6 Å². The Bertz CT molecular complexity index is 394. The van der Waals surface area contributed by atoms with Gasteiger partial charge in [-0.2, -0.15) is 0 Å². The molecule has 1 aromatic rings. The molecule has 0 heterocycles. The molecule has 0 aliphatic carbocycles. The zero-order valence-corrected chi connectivity index (χ0v) is 8.91. The first-order valence-electron chi connectivity index (χ1n) is 4.78. The Balaban J connectivity index is 3.02.